The van der Waals surface area contributed by atoms with Gasteiger partial charge in [-0.15, -0.1) is 0 Å². The van der Waals surface area contributed by atoms with Gasteiger partial charge < -0.3 is 14.9 Å². The monoisotopic (exact) mass is 365 g/mol. The van der Waals surface area contributed by atoms with E-state index >= 15 is 0 Å². The second-order valence-corrected chi connectivity index (χ2v) is 9.34. The average molecular weight is 365 g/mol. The molecule has 5 aliphatic carbocycles. The van der Waals surface area contributed by atoms with E-state index in [0.29, 0.717) is 37.1 Å². The van der Waals surface area contributed by atoms with Crippen LogP contribution in [0.5, 0.6) is 0 Å². The molecule has 1 aromatic carbocycles. The summed E-state index contributed by atoms with van der Waals surface area (Å²) in [6.07, 6.45) is 5.34. The van der Waals surface area contributed by atoms with E-state index in [1.165, 1.54) is 12.0 Å². The smallest absolute Gasteiger partial charge is 0.309 e. The summed E-state index contributed by atoms with van der Waals surface area (Å²) in [5.41, 5.74) is 0.769. The van der Waals surface area contributed by atoms with E-state index in [2.05, 4.69) is 40.8 Å². The molecule has 5 aliphatic rings. The van der Waals surface area contributed by atoms with Gasteiger partial charge in [0.05, 0.1) is 10.8 Å². The fourth-order valence-electron chi connectivity index (χ4n) is 5.34. The first-order valence-corrected chi connectivity index (χ1v) is 9.91. The third-order valence-electron chi connectivity index (χ3n) is 7.41. The highest BCUT2D eigenvalue weighted by Gasteiger charge is 2.75. The zero-order valence-electron chi connectivity index (χ0n) is 15.1. The molecule has 2 N–H and O–H groups in total. The average Bonchev–Trinajstić information content (AvgIpc) is 3.49. The number of nitrogens with zero attached hydrogens (tertiary/aromatic N) is 2. The van der Waals surface area contributed by atoms with Crippen LogP contribution in [0.1, 0.15) is 61.7 Å². The summed E-state index contributed by atoms with van der Waals surface area (Å²) in [5, 5.41) is 17.3. The first kappa shape index (κ1) is 15.8. The summed E-state index contributed by atoms with van der Waals surface area (Å²) in [5.74, 6) is 1.43. The number of nitrogens with one attached hydrogen (secondary N) is 1. The summed E-state index contributed by atoms with van der Waals surface area (Å²) in [6, 6.07) is 11.2. The van der Waals surface area contributed by atoms with Gasteiger partial charge in [0.15, 0.2) is 5.82 Å². The summed E-state index contributed by atoms with van der Waals surface area (Å²) >= 11 is 0. The van der Waals surface area contributed by atoms with Crippen LogP contribution in [-0.2, 0) is 15.6 Å². The Hall–Kier alpha value is -2.21. The first-order chi connectivity index (χ1) is 13.0. The molecule has 7 rings (SSSR count). The number of hydrogen-bond acceptors (Lipinski definition) is 5. The van der Waals surface area contributed by atoms with E-state index in [9.17, 15) is 9.90 Å². The van der Waals surface area contributed by atoms with Crippen molar-refractivity contribution in [1.29, 1.82) is 0 Å². The summed E-state index contributed by atoms with van der Waals surface area (Å²) in [4.78, 5) is 16.0. The minimum atomic E-state index is -0.676. The maximum Gasteiger partial charge on any atom is 0.309 e. The van der Waals surface area contributed by atoms with Gasteiger partial charge in [-0.25, -0.2) is 0 Å². The molecule has 6 nitrogen and oxygen atoms in total. The van der Waals surface area contributed by atoms with Crippen molar-refractivity contribution < 1.29 is 14.4 Å². The van der Waals surface area contributed by atoms with Crippen molar-refractivity contribution in [3.05, 3.63) is 47.6 Å². The van der Waals surface area contributed by atoms with E-state index in [1.807, 2.05) is 0 Å². The third kappa shape index (κ3) is 2.19. The highest BCUT2D eigenvalue weighted by Crippen LogP contribution is 2.73. The molecule has 5 fully saturated rings. The van der Waals surface area contributed by atoms with Crippen molar-refractivity contribution in [2.75, 3.05) is 6.54 Å². The second-order valence-electron chi connectivity index (χ2n) is 9.34. The Morgan fingerprint density at radius 2 is 1.96 bits per heavy atom. The van der Waals surface area contributed by atoms with Gasteiger partial charge >= 0.3 is 5.97 Å². The molecule has 1 aromatic heterocycles. The maximum absolute atomic E-state index is 11.3. The van der Waals surface area contributed by atoms with Crippen molar-refractivity contribution in [2.45, 2.75) is 61.3 Å². The van der Waals surface area contributed by atoms with Gasteiger partial charge in [0, 0.05) is 23.9 Å². The standard InChI is InChI=1S/C21H23N3O3/c25-18(26)21-9-20(10-21,11-21)17-23-16(24-27-17)19(6-7-19)12-22-15-8-14(15)13-4-2-1-3-5-13/h1-5,14-15,22H,6-12H2,(H,25,26)/t14?,15-,20?,21?/m0/s1. The molecule has 0 aliphatic heterocycles. The molecule has 2 atom stereocenters. The highest BCUT2D eigenvalue weighted by atomic mass is 16.5. The van der Waals surface area contributed by atoms with Crippen LogP contribution in [0.25, 0.3) is 0 Å². The molecular weight excluding hydrogens is 342 g/mol. The minimum Gasteiger partial charge on any atom is -0.481 e. The van der Waals surface area contributed by atoms with Gasteiger partial charge in [-0.3, -0.25) is 4.79 Å². The van der Waals surface area contributed by atoms with E-state index in [4.69, 9.17) is 9.51 Å². The van der Waals surface area contributed by atoms with Gasteiger partial charge in [0.1, 0.15) is 0 Å². The Labute approximate surface area is 157 Å². The quantitative estimate of drug-likeness (QED) is 0.784. The Morgan fingerprint density at radius 1 is 1.22 bits per heavy atom. The van der Waals surface area contributed by atoms with Crippen LogP contribution < -0.4 is 5.32 Å². The van der Waals surface area contributed by atoms with E-state index in [-0.39, 0.29) is 10.8 Å². The molecule has 6 heteroatoms. The first-order valence-electron chi connectivity index (χ1n) is 9.91. The molecule has 0 spiro atoms. The van der Waals surface area contributed by atoms with Crippen molar-refractivity contribution in [2.24, 2.45) is 5.41 Å². The normalized spacial score (nSPS) is 37.2. The van der Waals surface area contributed by atoms with Crippen LogP contribution in [0.15, 0.2) is 34.9 Å². The molecule has 0 radical (unpaired) electrons. The fourth-order valence-corrected chi connectivity index (χ4v) is 5.34. The van der Waals surface area contributed by atoms with E-state index in [0.717, 1.165) is 25.2 Å². The fraction of sp³-hybridized carbons (Fsp3) is 0.571. The number of hydrogen-bond donors (Lipinski definition) is 2. The Bertz CT molecular complexity index is 898. The molecule has 2 bridgehead atoms. The largest absolute Gasteiger partial charge is 0.481 e. The lowest BCUT2D eigenvalue weighted by molar-refractivity contribution is -0.199. The number of benzene rings is 1. The molecule has 2 aromatic rings. The number of rotatable bonds is 7. The van der Waals surface area contributed by atoms with Crippen LogP contribution >= 0.6 is 0 Å². The number of carboxylic acid groups (broad SMARTS) is 1. The topological polar surface area (TPSA) is 88.2 Å². The number of aliphatic carboxylic acids is 1. The second kappa shape index (κ2) is 4.98. The highest BCUT2D eigenvalue weighted by molar-refractivity contribution is 5.80. The summed E-state index contributed by atoms with van der Waals surface area (Å²) in [7, 11) is 0. The predicted molar refractivity (Wildman–Crippen MR) is 96.4 cm³/mol. The van der Waals surface area contributed by atoms with Crippen molar-refractivity contribution in [3.63, 3.8) is 0 Å². The number of aromatic nitrogens is 2. The molecule has 0 saturated heterocycles. The SMILES string of the molecule is O=C(O)C12CC(c3nc(C4(CN[C@H]5CC5c5ccccc5)CC4)no3)(C1)C2. The van der Waals surface area contributed by atoms with E-state index in [1.54, 1.807) is 0 Å². The Morgan fingerprint density at radius 3 is 2.63 bits per heavy atom. The molecule has 1 unspecified atom stereocenters. The van der Waals surface area contributed by atoms with Gasteiger partial charge in [-0.05, 0) is 44.1 Å². The van der Waals surface area contributed by atoms with Crippen molar-refractivity contribution in [1.82, 2.24) is 15.5 Å². The van der Waals surface area contributed by atoms with Crippen LogP contribution in [-0.4, -0.2) is 33.8 Å². The molecule has 27 heavy (non-hydrogen) atoms. The van der Waals surface area contributed by atoms with E-state index < -0.39 is 11.4 Å². The van der Waals surface area contributed by atoms with Gasteiger partial charge in [0.2, 0.25) is 5.89 Å². The van der Waals surface area contributed by atoms with Crippen molar-refractivity contribution in [3.8, 4) is 0 Å². The van der Waals surface area contributed by atoms with Gasteiger partial charge in [-0.2, -0.15) is 4.98 Å². The van der Waals surface area contributed by atoms with Crippen LogP contribution in [0.4, 0.5) is 0 Å². The number of carboxylic acids is 1. The zero-order valence-corrected chi connectivity index (χ0v) is 15.1. The minimum absolute atomic E-state index is 0.0135. The lowest BCUT2D eigenvalue weighted by Gasteiger charge is -2.65. The van der Waals surface area contributed by atoms with Gasteiger partial charge in [-0.1, -0.05) is 35.5 Å². The van der Waals surface area contributed by atoms with Gasteiger partial charge in [0.25, 0.3) is 0 Å². The molecular formula is C21H23N3O3. The summed E-state index contributed by atoms with van der Waals surface area (Å²) in [6.45, 7) is 0.895. The van der Waals surface area contributed by atoms with Crippen LogP contribution in [0, 0.1) is 5.41 Å². The third-order valence-corrected chi connectivity index (χ3v) is 7.41. The Balaban J connectivity index is 1.10. The number of carbonyl (C=O) groups is 1. The lowest BCUT2D eigenvalue weighted by Crippen LogP contribution is -2.68. The molecule has 0 amide bonds. The maximum atomic E-state index is 11.3. The van der Waals surface area contributed by atoms with Crippen LogP contribution in [0.2, 0.25) is 0 Å². The molecule has 1 heterocycles. The van der Waals surface area contributed by atoms with Crippen LogP contribution in [0.3, 0.4) is 0 Å². The Kier molecular flexibility index (Phi) is 2.92. The predicted octanol–water partition coefficient (Wildman–Crippen LogP) is 2.75. The molecule has 5 saturated carbocycles. The lowest BCUT2D eigenvalue weighted by atomic mass is 9.35. The van der Waals surface area contributed by atoms with Crippen molar-refractivity contribution >= 4 is 5.97 Å². The molecule has 140 valence electrons. The summed E-state index contributed by atoms with van der Waals surface area (Å²) < 4.78 is 5.59. The zero-order chi connectivity index (χ0) is 18.3.